The Balaban J connectivity index is 2.12. The third kappa shape index (κ3) is 3.05. The molecule has 1 aliphatic rings. The van der Waals surface area contributed by atoms with Crippen molar-refractivity contribution in [1.82, 2.24) is 5.32 Å². The van der Waals surface area contributed by atoms with Crippen LogP contribution in [0.2, 0.25) is 5.02 Å². The number of benzene rings is 1. The molecule has 1 aliphatic carbocycles. The molecule has 1 unspecified atom stereocenters. The second-order valence-electron chi connectivity index (χ2n) is 5.11. The molecular weight excluding hydrogens is 246 g/mol. The second kappa shape index (κ2) is 6.05. The van der Waals surface area contributed by atoms with Crippen molar-refractivity contribution in [1.29, 1.82) is 0 Å². The Morgan fingerprint density at radius 2 is 2.22 bits per heavy atom. The lowest BCUT2D eigenvalue weighted by atomic mass is 9.74. The van der Waals surface area contributed by atoms with Gasteiger partial charge in [-0.2, -0.15) is 0 Å². The first kappa shape index (κ1) is 13.9. The molecule has 0 aromatic heterocycles. The largest absolute Gasteiger partial charge is 0.378 e. The molecule has 0 heterocycles. The Morgan fingerprint density at radius 3 is 2.72 bits per heavy atom. The summed E-state index contributed by atoms with van der Waals surface area (Å²) in [6.07, 6.45) is 4.65. The Labute approximate surface area is 115 Å². The van der Waals surface area contributed by atoms with Gasteiger partial charge in [0.2, 0.25) is 0 Å². The van der Waals surface area contributed by atoms with Crippen LogP contribution in [0.4, 0.5) is 0 Å². The molecule has 2 rings (SSSR count). The number of hydrogen-bond acceptors (Lipinski definition) is 2. The number of hydrogen-bond donors (Lipinski definition) is 1. The molecule has 1 N–H and O–H groups in total. The molecule has 0 amide bonds. The van der Waals surface area contributed by atoms with Gasteiger partial charge < -0.3 is 10.1 Å². The molecule has 0 radical (unpaired) electrons. The quantitative estimate of drug-likeness (QED) is 0.843. The van der Waals surface area contributed by atoms with Gasteiger partial charge in [0, 0.05) is 18.2 Å². The van der Waals surface area contributed by atoms with E-state index >= 15 is 0 Å². The van der Waals surface area contributed by atoms with E-state index < -0.39 is 0 Å². The molecule has 1 aromatic rings. The summed E-state index contributed by atoms with van der Waals surface area (Å²) in [6, 6.07) is 8.46. The second-order valence-corrected chi connectivity index (χ2v) is 5.55. The SMILES string of the molecule is CCNC(CC1(OC)CCC1)c1cccc(Cl)c1. The standard InChI is InChI=1S/C15H22ClNO/c1-3-17-14(11-15(18-2)8-5-9-15)12-6-4-7-13(16)10-12/h4,6-7,10,14,17H,3,5,8-9,11H2,1-2H3. The van der Waals surface area contributed by atoms with Gasteiger partial charge in [0.15, 0.2) is 0 Å². The van der Waals surface area contributed by atoms with Gasteiger partial charge in [-0.1, -0.05) is 30.7 Å². The molecule has 1 aromatic carbocycles. The molecule has 1 saturated carbocycles. The van der Waals surface area contributed by atoms with Gasteiger partial charge in [0.1, 0.15) is 0 Å². The van der Waals surface area contributed by atoms with Gasteiger partial charge in [-0.05, 0) is 49.9 Å². The van der Waals surface area contributed by atoms with Gasteiger partial charge in [-0.25, -0.2) is 0 Å². The van der Waals surface area contributed by atoms with E-state index in [0.29, 0.717) is 6.04 Å². The molecule has 3 heteroatoms. The first-order valence-electron chi connectivity index (χ1n) is 6.73. The number of nitrogens with one attached hydrogen (secondary N) is 1. The summed E-state index contributed by atoms with van der Waals surface area (Å²) < 4.78 is 5.73. The summed E-state index contributed by atoms with van der Waals surface area (Å²) in [5, 5.41) is 4.35. The van der Waals surface area contributed by atoms with Crippen LogP contribution in [0.15, 0.2) is 24.3 Å². The minimum absolute atomic E-state index is 0.0785. The van der Waals surface area contributed by atoms with Crippen LogP contribution in [-0.4, -0.2) is 19.3 Å². The van der Waals surface area contributed by atoms with E-state index in [1.54, 1.807) is 0 Å². The number of rotatable bonds is 6. The number of halogens is 1. The van der Waals surface area contributed by atoms with Crippen LogP contribution in [-0.2, 0) is 4.74 Å². The van der Waals surface area contributed by atoms with Crippen molar-refractivity contribution in [2.45, 2.75) is 44.2 Å². The van der Waals surface area contributed by atoms with E-state index in [2.05, 4.69) is 24.4 Å². The van der Waals surface area contributed by atoms with Crippen LogP contribution in [0.5, 0.6) is 0 Å². The van der Waals surface area contributed by atoms with E-state index in [9.17, 15) is 0 Å². The van der Waals surface area contributed by atoms with E-state index in [0.717, 1.165) is 18.0 Å². The number of ether oxygens (including phenoxy) is 1. The van der Waals surface area contributed by atoms with Gasteiger partial charge in [0.05, 0.1) is 5.60 Å². The van der Waals surface area contributed by atoms with Gasteiger partial charge >= 0.3 is 0 Å². The lowest BCUT2D eigenvalue weighted by Crippen LogP contribution is -2.42. The highest BCUT2D eigenvalue weighted by atomic mass is 35.5. The smallest absolute Gasteiger partial charge is 0.0697 e. The molecule has 0 saturated heterocycles. The molecule has 18 heavy (non-hydrogen) atoms. The van der Waals surface area contributed by atoms with E-state index in [-0.39, 0.29) is 5.60 Å². The van der Waals surface area contributed by atoms with E-state index in [1.807, 2.05) is 19.2 Å². The Hall–Kier alpha value is -0.570. The fourth-order valence-corrected chi connectivity index (χ4v) is 2.91. The van der Waals surface area contributed by atoms with Crippen molar-refractivity contribution in [3.8, 4) is 0 Å². The predicted octanol–water partition coefficient (Wildman–Crippen LogP) is 3.95. The predicted molar refractivity (Wildman–Crippen MR) is 76.1 cm³/mol. The molecule has 1 fully saturated rings. The molecular formula is C15H22ClNO. The van der Waals surface area contributed by atoms with Crippen LogP contribution in [0, 0.1) is 0 Å². The van der Waals surface area contributed by atoms with Crippen LogP contribution in [0.3, 0.4) is 0 Å². The van der Waals surface area contributed by atoms with Crippen molar-refractivity contribution in [3.05, 3.63) is 34.9 Å². The first-order chi connectivity index (χ1) is 8.69. The maximum Gasteiger partial charge on any atom is 0.0697 e. The third-order valence-corrected chi connectivity index (χ3v) is 4.21. The maximum atomic E-state index is 6.08. The van der Waals surface area contributed by atoms with Crippen molar-refractivity contribution in [2.75, 3.05) is 13.7 Å². The maximum absolute atomic E-state index is 6.08. The highest BCUT2D eigenvalue weighted by Gasteiger charge is 2.39. The summed E-state index contributed by atoms with van der Waals surface area (Å²) >= 11 is 6.08. The van der Waals surface area contributed by atoms with Crippen LogP contribution in [0.25, 0.3) is 0 Å². The fraction of sp³-hybridized carbons (Fsp3) is 0.600. The Kier molecular flexibility index (Phi) is 4.66. The Morgan fingerprint density at radius 1 is 1.44 bits per heavy atom. The molecule has 0 spiro atoms. The van der Waals surface area contributed by atoms with Gasteiger partial charge in [-0.3, -0.25) is 0 Å². The zero-order valence-electron chi connectivity index (χ0n) is 11.2. The van der Waals surface area contributed by atoms with Crippen molar-refractivity contribution in [2.24, 2.45) is 0 Å². The highest BCUT2D eigenvalue weighted by molar-refractivity contribution is 6.30. The summed E-state index contributed by atoms with van der Waals surface area (Å²) in [4.78, 5) is 0. The van der Waals surface area contributed by atoms with Crippen molar-refractivity contribution in [3.63, 3.8) is 0 Å². The average molecular weight is 268 g/mol. The molecule has 100 valence electrons. The van der Waals surface area contributed by atoms with Crippen molar-refractivity contribution < 1.29 is 4.74 Å². The highest BCUT2D eigenvalue weighted by Crippen LogP contribution is 2.42. The lowest BCUT2D eigenvalue weighted by Gasteiger charge is -2.43. The number of methoxy groups -OCH3 is 1. The van der Waals surface area contributed by atoms with E-state index in [4.69, 9.17) is 16.3 Å². The molecule has 2 nitrogen and oxygen atoms in total. The molecule has 1 atom stereocenters. The zero-order valence-corrected chi connectivity index (χ0v) is 12.0. The van der Waals surface area contributed by atoms with Gasteiger partial charge in [0.25, 0.3) is 0 Å². The van der Waals surface area contributed by atoms with Crippen LogP contribution < -0.4 is 5.32 Å². The average Bonchev–Trinajstić information content (AvgIpc) is 2.32. The minimum Gasteiger partial charge on any atom is -0.378 e. The third-order valence-electron chi connectivity index (χ3n) is 3.98. The van der Waals surface area contributed by atoms with E-state index in [1.165, 1.54) is 24.8 Å². The monoisotopic (exact) mass is 267 g/mol. The summed E-state index contributed by atoms with van der Waals surface area (Å²) in [7, 11) is 1.83. The minimum atomic E-state index is 0.0785. The summed E-state index contributed by atoms with van der Waals surface area (Å²) in [6.45, 7) is 3.09. The fourth-order valence-electron chi connectivity index (χ4n) is 2.71. The normalized spacial score (nSPS) is 19.3. The first-order valence-corrected chi connectivity index (χ1v) is 7.11. The molecule has 0 aliphatic heterocycles. The molecule has 0 bridgehead atoms. The van der Waals surface area contributed by atoms with Crippen LogP contribution >= 0.6 is 11.6 Å². The van der Waals surface area contributed by atoms with Crippen molar-refractivity contribution >= 4 is 11.6 Å². The van der Waals surface area contributed by atoms with Crippen LogP contribution in [0.1, 0.15) is 44.2 Å². The zero-order chi connectivity index (χ0) is 13.0. The Bertz CT molecular complexity index is 384. The lowest BCUT2D eigenvalue weighted by molar-refractivity contribution is -0.0837. The topological polar surface area (TPSA) is 21.3 Å². The summed E-state index contributed by atoms with van der Waals surface area (Å²) in [5.74, 6) is 0. The van der Waals surface area contributed by atoms with Gasteiger partial charge in [-0.15, -0.1) is 0 Å². The summed E-state index contributed by atoms with van der Waals surface area (Å²) in [5.41, 5.74) is 1.34.